The van der Waals surface area contributed by atoms with E-state index in [9.17, 15) is 8.42 Å². The van der Waals surface area contributed by atoms with Gasteiger partial charge in [0.05, 0.1) is 18.5 Å². The third kappa shape index (κ3) is 1.80. The highest BCUT2D eigenvalue weighted by molar-refractivity contribution is 7.88. The molecule has 1 aliphatic heterocycles. The van der Waals surface area contributed by atoms with Gasteiger partial charge in [-0.15, -0.1) is 0 Å². The molecule has 7 heteroatoms. The van der Waals surface area contributed by atoms with E-state index in [-0.39, 0.29) is 0 Å². The molecule has 0 spiro atoms. The first-order valence-corrected chi connectivity index (χ1v) is 7.07. The molecule has 2 heterocycles. The number of rotatable bonds is 2. The van der Waals surface area contributed by atoms with Crippen molar-refractivity contribution in [3.05, 3.63) is 11.3 Å². The van der Waals surface area contributed by atoms with Crippen LogP contribution in [0.25, 0.3) is 0 Å². The monoisotopic (exact) mass is 244 g/mol. The zero-order valence-corrected chi connectivity index (χ0v) is 10.3. The van der Waals surface area contributed by atoms with Gasteiger partial charge in [-0.1, -0.05) is 0 Å². The molecule has 0 unspecified atom stereocenters. The Morgan fingerprint density at radius 2 is 2.19 bits per heavy atom. The van der Waals surface area contributed by atoms with Crippen molar-refractivity contribution in [1.82, 2.24) is 14.1 Å². The van der Waals surface area contributed by atoms with Crippen molar-refractivity contribution in [3.8, 4) is 0 Å². The number of anilines is 1. The highest BCUT2D eigenvalue weighted by Gasteiger charge is 2.27. The van der Waals surface area contributed by atoms with Crippen LogP contribution in [0.4, 0.5) is 5.82 Å². The zero-order valence-electron chi connectivity index (χ0n) is 9.47. The molecule has 90 valence electrons. The van der Waals surface area contributed by atoms with Crippen LogP contribution >= 0.6 is 0 Å². The smallest absolute Gasteiger partial charge is 0.211 e. The lowest BCUT2D eigenvalue weighted by molar-refractivity contribution is 0.389. The van der Waals surface area contributed by atoms with Gasteiger partial charge in [-0.2, -0.15) is 9.40 Å². The second-order valence-electron chi connectivity index (χ2n) is 3.97. The topological polar surface area (TPSA) is 81.2 Å². The first-order valence-electron chi connectivity index (χ1n) is 5.22. The lowest BCUT2D eigenvalue weighted by Crippen LogP contribution is -2.35. The largest absolute Gasteiger partial charge is 0.384 e. The van der Waals surface area contributed by atoms with Gasteiger partial charge >= 0.3 is 0 Å². The SMILES string of the molecule is CCn1nc2c(c1N)CCN(S(C)(=O)=O)C2. The van der Waals surface area contributed by atoms with Gasteiger partial charge in [-0.3, -0.25) is 0 Å². The van der Waals surface area contributed by atoms with E-state index < -0.39 is 10.0 Å². The van der Waals surface area contributed by atoms with Crippen LogP contribution in [0.2, 0.25) is 0 Å². The number of nitrogens with zero attached hydrogens (tertiary/aromatic N) is 3. The highest BCUT2D eigenvalue weighted by atomic mass is 32.2. The molecule has 0 fully saturated rings. The van der Waals surface area contributed by atoms with Crippen LogP contribution in [0.5, 0.6) is 0 Å². The Morgan fingerprint density at radius 3 is 2.75 bits per heavy atom. The van der Waals surface area contributed by atoms with E-state index in [1.54, 1.807) is 4.68 Å². The number of hydrogen-bond acceptors (Lipinski definition) is 4. The summed E-state index contributed by atoms with van der Waals surface area (Å²) in [4.78, 5) is 0. The molecule has 1 aromatic rings. The molecular weight excluding hydrogens is 228 g/mol. The van der Waals surface area contributed by atoms with E-state index in [4.69, 9.17) is 5.73 Å². The Morgan fingerprint density at radius 1 is 1.50 bits per heavy atom. The maximum absolute atomic E-state index is 11.4. The van der Waals surface area contributed by atoms with Gasteiger partial charge < -0.3 is 5.73 Å². The van der Waals surface area contributed by atoms with Crippen molar-refractivity contribution < 1.29 is 8.42 Å². The fourth-order valence-electron chi connectivity index (χ4n) is 1.97. The van der Waals surface area contributed by atoms with Crippen LogP contribution in [0.15, 0.2) is 0 Å². The summed E-state index contributed by atoms with van der Waals surface area (Å²) in [5, 5.41) is 4.32. The molecule has 2 rings (SSSR count). The average molecular weight is 244 g/mol. The van der Waals surface area contributed by atoms with Crippen molar-refractivity contribution >= 4 is 15.8 Å². The van der Waals surface area contributed by atoms with E-state index in [2.05, 4.69) is 5.10 Å². The van der Waals surface area contributed by atoms with E-state index in [0.717, 1.165) is 11.3 Å². The summed E-state index contributed by atoms with van der Waals surface area (Å²) in [7, 11) is -3.14. The number of aryl methyl sites for hydroxylation is 1. The summed E-state index contributed by atoms with van der Waals surface area (Å²) in [6.07, 6.45) is 1.87. The van der Waals surface area contributed by atoms with Crippen molar-refractivity contribution in [2.24, 2.45) is 0 Å². The fraction of sp³-hybridized carbons (Fsp3) is 0.667. The summed E-state index contributed by atoms with van der Waals surface area (Å²) in [5.41, 5.74) is 7.71. The number of nitrogen functional groups attached to an aromatic ring is 1. The number of sulfonamides is 1. The zero-order chi connectivity index (χ0) is 11.9. The molecule has 0 bridgehead atoms. The minimum atomic E-state index is -3.14. The molecule has 0 amide bonds. The number of nitrogens with two attached hydrogens (primary N) is 1. The van der Waals surface area contributed by atoms with Gasteiger partial charge in [0.1, 0.15) is 5.82 Å². The minimum Gasteiger partial charge on any atom is -0.384 e. The molecule has 6 nitrogen and oxygen atoms in total. The quantitative estimate of drug-likeness (QED) is 0.781. The van der Waals surface area contributed by atoms with Crippen LogP contribution in [0.1, 0.15) is 18.2 Å². The van der Waals surface area contributed by atoms with Gasteiger partial charge in [0.2, 0.25) is 10.0 Å². The Kier molecular flexibility index (Phi) is 2.67. The van der Waals surface area contributed by atoms with Gasteiger partial charge in [0.25, 0.3) is 0 Å². The van der Waals surface area contributed by atoms with E-state index in [1.165, 1.54) is 10.6 Å². The number of aromatic nitrogens is 2. The summed E-state index contributed by atoms with van der Waals surface area (Å²) in [5.74, 6) is 0.672. The molecule has 0 aliphatic carbocycles. The molecule has 0 aromatic carbocycles. The summed E-state index contributed by atoms with van der Waals surface area (Å²) in [6.45, 7) is 3.50. The fourth-order valence-corrected chi connectivity index (χ4v) is 2.75. The molecule has 16 heavy (non-hydrogen) atoms. The number of hydrogen-bond donors (Lipinski definition) is 1. The van der Waals surface area contributed by atoms with Crippen molar-refractivity contribution in [2.45, 2.75) is 26.4 Å². The third-order valence-electron chi connectivity index (χ3n) is 2.88. The standard InChI is InChI=1S/C9H16N4O2S/c1-3-13-9(10)7-4-5-12(16(2,14)15)6-8(7)11-13/h3-6,10H2,1-2H3. The molecule has 2 N–H and O–H groups in total. The second-order valence-corrected chi connectivity index (χ2v) is 5.96. The lowest BCUT2D eigenvalue weighted by atomic mass is 10.1. The van der Waals surface area contributed by atoms with Crippen LogP contribution < -0.4 is 5.73 Å². The minimum absolute atomic E-state index is 0.339. The van der Waals surface area contributed by atoms with Crippen molar-refractivity contribution in [2.75, 3.05) is 18.5 Å². The highest BCUT2D eigenvalue weighted by Crippen LogP contribution is 2.24. The van der Waals surface area contributed by atoms with E-state index in [0.29, 0.717) is 31.9 Å². The Hall–Kier alpha value is -1.08. The van der Waals surface area contributed by atoms with Gasteiger partial charge in [-0.05, 0) is 13.3 Å². The normalized spacial score (nSPS) is 17.4. The summed E-state index contributed by atoms with van der Waals surface area (Å²) in [6, 6.07) is 0. The first-order chi connectivity index (χ1) is 7.43. The predicted octanol–water partition coefficient (Wildman–Crippen LogP) is -0.197. The molecule has 0 saturated carbocycles. The summed E-state index contributed by atoms with van der Waals surface area (Å²) >= 11 is 0. The van der Waals surface area contributed by atoms with Gasteiger partial charge in [-0.25, -0.2) is 13.1 Å². The molecule has 0 atom stereocenters. The average Bonchev–Trinajstić information content (AvgIpc) is 2.54. The Labute approximate surface area is 95.1 Å². The van der Waals surface area contributed by atoms with Crippen LogP contribution in [0, 0.1) is 0 Å². The van der Waals surface area contributed by atoms with E-state index in [1.807, 2.05) is 6.92 Å². The molecule has 0 saturated heterocycles. The molecule has 0 radical (unpaired) electrons. The summed E-state index contributed by atoms with van der Waals surface area (Å²) < 4.78 is 26.0. The van der Waals surface area contributed by atoms with Gasteiger partial charge in [0, 0.05) is 18.7 Å². The van der Waals surface area contributed by atoms with Crippen molar-refractivity contribution in [1.29, 1.82) is 0 Å². The van der Waals surface area contributed by atoms with Crippen molar-refractivity contribution in [3.63, 3.8) is 0 Å². The molecule has 1 aliphatic rings. The maximum atomic E-state index is 11.4. The Balaban J connectivity index is 2.35. The lowest BCUT2D eigenvalue weighted by Gasteiger charge is -2.23. The van der Waals surface area contributed by atoms with E-state index >= 15 is 0 Å². The van der Waals surface area contributed by atoms with Crippen LogP contribution in [0.3, 0.4) is 0 Å². The first kappa shape index (κ1) is 11.4. The maximum Gasteiger partial charge on any atom is 0.211 e. The number of fused-ring (bicyclic) bond motifs is 1. The van der Waals surface area contributed by atoms with Crippen LogP contribution in [-0.2, 0) is 29.5 Å². The Bertz CT molecular complexity index is 506. The van der Waals surface area contributed by atoms with Crippen LogP contribution in [-0.4, -0.2) is 35.3 Å². The molecule has 1 aromatic heterocycles. The predicted molar refractivity (Wildman–Crippen MR) is 61.3 cm³/mol. The third-order valence-corrected chi connectivity index (χ3v) is 4.13. The van der Waals surface area contributed by atoms with Gasteiger partial charge in [0.15, 0.2) is 0 Å². The second kappa shape index (κ2) is 3.74. The molecular formula is C9H16N4O2S.